The number of amides is 1. The number of carboxylic acid groups (broad SMARTS) is 1. The first-order valence-corrected chi connectivity index (χ1v) is 8.51. The van der Waals surface area contributed by atoms with E-state index in [1.807, 2.05) is 0 Å². The molecule has 9 heteroatoms. The van der Waals surface area contributed by atoms with Crippen molar-refractivity contribution in [3.63, 3.8) is 0 Å². The molecule has 28 heavy (non-hydrogen) atoms. The first-order chi connectivity index (χ1) is 13.4. The summed E-state index contributed by atoms with van der Waals surface area (Å²) >= 11 is 5.14. The minimum atomic E-state index is -0.993. The highest BCUT2D eigenvalue weighted by molar-refractivity contribution is 7.80. The van der Waals surface area contributed by atoms with Crippen LogP contribution >= 0.6 is 12.2 Å². The van der Waals surface area contributed by atoms with E-state index < -0.39 is 11.9 Å². The zero-order valence-corrected chi connectivity index (χ0v) is 16.4. The Labute approximate surface area is 167 Å². The molecular weight excluding hydrogens is 384 g/mol. The lowest BCUT2D eigenvalue weighted by atomic mass is 10.1. The number of rotatable bonds is 7. The Kier molecular flexibility index (Phi) is 7.16. The van der Waals surface area contributed by atoms with Gasteiger partial charge in [0.1, 0.15) is 0 Å². The number of methoxy groups -OCH3 is 3. The lowest BCUT2D eigenvalue weighted by Gasteiger charge is -2.14. The number of carbonyl (C=O) groups excluding carboxylic acids is 1. The number of thiocarbonyl (C=S) groups is 1. The lowest BCUT2D eigenvalue weighted by molar-refractivity contribution is 0.0696. The SMILES string of the molecule is COc1cc(C(=O)NC(=S)NCc2ccc(C(=O)O)cc2)cc(OC)c1OC. The van der Waals surface area contributed by atoms with Crippen molar-refractivity contribution in [3.8, 4) is 17.2 Å². The van der Waals surface area contributed by atoms with E-state index in [-0.39, 0.29) is 16.2 Å². The topological polar surface area (TPSA) is 106 Å². The molecule has 0 heterocycles. The highest BCUT2D eigenvalue weighted by Crippen LogP contribution is 2.38. The molecule has 0 saturated heterocycles. The van der Waals surface area contributed by atoms with Crippen molar-refractivity contribution < 1.29 is 28.9 Å². The summed E-state index contributed by atoms with van der Waals surface area (Å²) < 4.78 is 15.7. The van der Waals surface area contributed by atoms with Gasteiger partial charge in [-0.1, -0.05) is 12.1 Å². The van der Waals surface area contributed by atoms with Crippen LogP contribution in [0.2, 0.25) is 0 Å². The molecule has 0 aliphatic rings. The zero-order chi connectivity index (χ0) is 20.7. The molecule has 2 aromatic carbocycles. The molecule has 0 spiro atoms. The number of ether oxygens (including phenoxy) is 3. The van der Waals surface area contributed by atoms with E-state index in [0.717, 1.165) is 5.56 Å². The van der Waals surface area contributed by atoms with Gasteiger partial charge in [-0.05, 0) is 42.0 Å². The number of hydrogen-bond acceptors (Lipinski definition) is 6. The fourth-order valence-electron chi connectivity index (χ4n) is 2.38. The molecule has 8 nitrogen and oxygen atoms in total. The van der Waals surface area contributed by atoms with Crippen LogP contribution in [0.1, 0.15) is 26.3 Å². The summed E-state index contributed by atoms with van der Waals surface area (Å²) in [5.74, 6) is -0.355. The lowest BCUT2D eigenvalue weighted by Crippen LogP contribution is -2.38. The molecular formula is C19H20N2O6S. The highest BCUT2D eigenvalue weighted by atomic mass is 32.1. The number of nitrogens with one attached hydrogen (secondary N) is 2. The summed E-state index contributed by atoms with van der Waals surface area (Å²) in [5.41, 5.74) is 1.29. The molecule has 2 rings (SSSR count). The Balaban J connectivity index is 2.02. The second kappa shape index (κ2) is 9.56. The van der Waals surface area contributed by atoms with Gasteiger partial charge >= 0.3 is 5.97 Å². The van der Waals surface area contributed by atoms with Crippen molar-refractivity contribution in [3.05, 3.63) is 53.1 Å². The molecule has 0 atom stereocenters. The molecule has 0 aliphatic carbocycles. The van der Waals surface area contributed by atoms with E-state index in [9.17, 15) is 9.59 Å². The van der Waals surface area contributed by atoms with Crippen LogP contribution < -0.4 is 24.8 Å². The predicted octanol–water partition coefficient (Wildman–Crippen LogP) is 2.22. The summed E-state index contributed by atoms with van der Waals surface area (Å²) in [5, 5.41) is 14.5. The Morgan fingerprint density at radius 1 is 0.964 bits per heavy atom. The van der Waals surface area contributed by atoms with Crippen LogP contribution in [-0.2, 0) is 6.54 Å². The molecule has 0 aromatic heterocycles. The zero-order valence-electron chi connectivity index (χ0n) is 15.6. The second-order valence-corrected chi connectivity index (χ2v) is 5.96. The van der Waals surface area contributed by atoms with Gasteiger partial charge in [-0.2, -0.15) is 0 Å². The van der Waals surface area contributed by atoms with E-state index in [0.29, 0.717) is 23.8 Å². The third kappa shape index (κ3) is 5.10. The van der Waals surface area contributed by atoms with Gasteiger partial charge in [-0.25, -0.2) is 4.79 Å². The van der Waals surface area contributed by atoms with Gasteiger partial charge in [0.2, 0.25) is 5.75 Å². The van der Waals surface area contributed by atoms with Gasteiger partial charge in [0.05, 0.1) is 26.9 Å². The Morgan fingerprint density at radius 3 is 2.00 bits per heavy atom. The normalized spacial score (nSPS) is 9.96. The second-order valence-electron chi connectivity index (χ2n) is 5.55. The van der Waals surface area contributed by atoms with E-state index in [1.165, 1.54) is 45.6 Å². The van der Waals surface area contributed by atoms with Gasteiger partial charge in [-0.3, -0.25) is 10.1 Å². The third-order valence-corrected chi connectivity index (χ3v) is 4.05. The molecule has 1 amide bonds. The van der Waals surface area contributed by atoms with Gasteiger partial charge in [0, 0.05) is 12.1 Å². The van der Waals surface area contributed by atoms with Crippen LogP contribution in [-0.4, -0.2) is 43.4 Å². The maximum absolute atomic E-state index is 12.5. The fraction of sp³-hybridized carbons (Fsp3) is 0.211. The summed E-state index contributed by atoms with van der Waals surface area (Å²) in [7, 11) is 4.39. The monoisotopic (exact) mass is 404 g/mol. The van der Waals surface area contributed by atoms with E-state index in [4.69, 9.17) is 31.5 Å². The molecule has 2 aromatic rings. The van der Waals surface area contributed by atoms with Gasteiger partial charge < -0.3 is 24.6 Å². The summed E-state index contributed by atoms with van der Waals surface area (Å²) in [6.07, 6.45) is 0. The minimum Gasteiger partial charge on any atom is -0.493 e. The number of hydrogen-bond donors (Lipinski definition) is 3. The van der Waals surface area contributed by atoms with Crippen molar-refractivity contribution >= 4 is 29.2 Å². The molecule has 148 valence electrons. The first-order valence-electron chi connectivity index (χ1n) is 8.11. The van der Waals surface area contributed by atoms with Gasteiger partial charge in [0.15, 0.2) is 16.6 Å². The molecule has 0 unspecified atom stereocenters. The maximum atomic E-state index is 12.5. The van der Waals surface area contributed by atoms with Crippen LogP contribution in [0.3, 0.4) is 0 Å². The fourth-order valence-corrected chi connectivity index (χ4v) is 2.54. The average molecular weight is 404 g/mol. The predicted molar refractivity (Wildman–Crippen MR) is 106 cm³/mol. The van der Waals surface area contributed by atoms with Gasteiger partial charge in [0.25, 0.3) is 5.91 Å². The first kappa shape index (κ1) is 21.0. The summed E-state index contributed by atoms with van der Waals surface area (Å²) in [6, 6.07) is 9.36. The number of carboxylic acids is 1. The number of aromatic carboxylic acids is 1. The maximum Gasteiger partial charge on any atom is 0.335 e. The highest BCUT2D eigenvalue weighted by Gasteiger charge is 2.17. The quantitative estimate of drug-likeness (QED) is 0.603. The molecule has 0 radical (unpaired) electrons. The van der Waals surface area contributed by atoms with Crippen LogP contribution in [0.4, 0.5) is 0 Å². The smallest absolute Gasteiger partial charge is 0.335 e. The molecule has 0 fully saturated rings. The van der Waals surface area contributed by atoms with E-state index >= 15 is 0 Å². The number of carbonyl (C=O) groups is 2. The van der Waals surface area contributed by atoms with E-state index in [1.54, 1.807) is 12.1 Å². The van der Waals surface area contributed by atoms with Crippen LogP contribution in [0, 0.1) is 0 Å². The third-order valence-electron chi connectivity index (χ3n) is 3.81. The van der Waals surface area contributed by atoms with Crippen LogP contribution in [0.25, 0.3) is 0 Å². The standard InChI is InChI=1S/C19H20N2O6S/c1-25-14-8-13(9-15(26-2)16(14)27-3)17(22)21-19(28)20-10-11-4-6-12(7-5-11)18(23)24/h4-9H,10H2,1-3H3,(H,23,24)(H2,20,21,22,28). The molecule has 0 aliphatic heterocycles. The summed E-state index contributed by atoms with van der Waals surface area (Å²) in [4.78, 5) is 23.3. The molecule has 3 N–H and O–H groups in total. The Bertz CT molecular complexity index is 857. The van der Waals surface area contributed by atoms with Crippen molar-refractivity contribution in [2.45, 2.75) is 6.54 Å². The minimum absolute atomic E-state index is 0.126. The molecule has 0 saturated carbocycles. The Hall–Kier alpha value is -3.33. The van der Waals surface area contributed by atoms with E-state index in [2.05, 4.69) is 10.6 Å². The van der Waals surface area contributed by atoms with Gasteiger partial charge in [-0.15, -0.1) is 0 Å². The van der Waals surface area contributed by atoms with Crippen LogP contribution in [0.15, 0.2) is 36.4 Å². The average Bonchev–Trinajstić information content (AvgIpc) is 2.71. The summed E-state index contributed by atoms with van der Waals surface area (Å²) in [6.45, 7) is 0.328. The largest absolute Gasteiger partial charge is 0.493 e. The Morgan fingerprint density at radius 2 is 1.54 bits per heavy atom. The van der Waals surface area contributed by atoms with Crippen molar-refractivity contribution in [1.29, 1.82) is 0 Å². The van der Waals surface area contributed by atoms with Crippen molar-refractivity contribution in [2.75, 3.05) is 21.3 Å². The van der Waals surface area contributed by atoms with Crippen LogP contribution in [0.5, 0.6) is 17.2 Å². The van der Waals surface area contributed by atoms with Crippen molar-refractivity contribution in [1.82, 2.24) is 10.6 Å². The number of benzene rings is 2. The van der Waals surface area contributed by atoms with Crippen molar-refractivity contribution in [2.24, 2.45) is 0 Å². The molecule has 0 bridgehead atoms.